The van der Waals surface area contributed by atoms with Crippen molar-refractivity contribution in [3.63, 3.8) is 0 Å². The Morgan fingerprint density at radius 2 is 1.88 bits per heavy atom. The van der Waals surface area contributed by atoms with Gasteiger partial charge in [-0.1, -0.05) is 36.4 Å². The molecule has 2 unspecified atom stereocenters. The van der Waals surface area contributed by atoms with Crippen LogP contribution in [-0.2, 0) is 11.2 Å². The van der Waals surface area contributed by atoms with E-state index in [0.29, 0.717) is 25.0 Å². The summed E-state index contributed by atoms with van der Waals surface area (Å²) in [5.41, 5.74) is 3.84. The van der Waals surface area contributed by atoms with E-state index in [1.807, 2.05) is 24.3 Å². The molecule has 6 heteroatoms. The second-order valence-corrected chi connectivity index (χ2v) is 8.71. The minimum absolute atomic E-state index is 0.143. The number of hydrogen-bond donors (Lipinski definition) is 0. The van der Waals surface area contributed by atoms with Crippen LogP contribution in [0, 0.1) is 11.6 Å². The Bertz CT molecular complexity index is 1060. The van der Waals surface area contributed by atoms with Crippen LogP contribution < -0.4 is 0 Å². The van der Waals surface area contributed by atoms with Crippen LogP contribution >= 0.6 is 0 Å². The summed E-state index contributed by atoms with van der Waals surface area (Å²) in [7, 11) is 0. The molecular weight excluding hydrogens is 418 g/mol. The van der Waals surface area contributed by atoms with Gasteiger partial charge in [0.2, 0.25) is 0 Å². The minimum Gasteiger partial charge on any atom is -0.380 e. The van der Waals surface area contributed by atoms with E-state index < -0.39 is 30.1 Å². The molecule has 2 nitrogen and oxygen atoms in total. The molecule has 1 saturated heterocycles. The van der Waals surface area contributed by atoms with Gasteiger partial charge in [0.1, 0.15) is 11.6 Å². The highest BCUT2D eigenvalue weighted by Crippen LogP contribution is 2.51. The summed E-state index contributed by atoms with van der Waals surface area (Å²) in [6.07, 6.45) is 1.92. The standard InChI is InChI=1S/C26H25F4NO/c1-2-5-15-10-21(27)24(22(28)11-15)25-20-12-16-6-3-4-7-18(16)19(20)13-23(26(29)30)31(25)17-8-9-32-14-17/h2-7,10-11,17,23,25-26H,8-9,12-14H2,1H3/b5-2+/t17?,23-,25?/m0/s1. The first-order chi connectivity index (χ1) is 15.5. The number of benzene rings is 2. The number of rotatable bonds is 4. The van der Waals surface area contributed by atoms with Gasteiger partial charge in [-0.25, -0.2) is 17.6 Å². The third-order valence-corrected chi connectivity index (χ3v) is 6.89. The summed E-state index contributed by atoms with van der Waals surface area (Å²) in [6, 6.07) is 7.91. The maximum atomic E-state index is 15.5. The van der Waals surface area contributed by atoms with Crippen LogP contribution in [0.4, 0.5) is 17.6 Å². The molecule has 0 spiro atoms. The van der Waals surface area contributed by atoms with Crippen LogP contribution in [0.1, 0.15) is 48.1 Å². The van der Waals surface area contributed by atoms with Crippen molar-refractivity contribution in [3.05, 3.63) is 81.9 Å². The van der Waals surface area contributed by atoms with Crippen molar-refractivity contribution >= 4 is 11.6 Å². The molecule has 32 heavy (non-hydrogen) atoms. The second-order valence-electron chi connectivity index (χ2n) is 8.71. The highest BCUT2D eigenvalue weighted by molar-refractivity contribution is 5.79. The highest BCUT2D eigenvalue weighted by Gasteiger charge is 2.48. The number of nitrogens with zero attached hydrogens (tertiary/aromatic N) is 1. The van der Waals surface area contributed by atoms with Crippen LogP contribution in [0.2, 0.25) is 0 Å². The fraction of sp³-hybridized carbons (Fsp3) is 0.385. The Kier molecular flexibility index (Phi) is 5.68. The van der Waals surface area contributed by atoms with Crippen molar-refractivity contribution in [3.8, 4) is 0 Å². The zero-order valence-electron chi connectivity index (χ0n) is 17.8. The maximum absolute atomic E-state index is 15.5. The first-order valence-corrected chi connectivity index (χ1v) is 11.0. The summed E-state index contributed by atoms with van der Waals surface area (Å²) in [5, 5.41) is 0. The minimum atomic E-state index is -2.65. The van der Waals surface area contributed by atoms with Gasteiger partial charge in [-0.3, -0.25) is 4.90 Å². The van der Waals surface area contributed by atoms with E-state index in [0.717, 1.165) is 22.3 Å². The van der Waals surface area contributed by atoms with Crippen LogP contribution in [0.5, 0.6) is 0 Å². The van der Waals surface area contributed by atoms with E-state index in [4.69, 9.17) is 4.74 Å². The van der Waals surface area contributed by atoms with Gasteiger partial charge in [0.05, 0.1) is 18.7 Å². The summed E-state index contributed by atoms with van der Waals surface area (Å²) < 4.78 is 65.2. The van der Waals surface area contributed by atoms with E-state index in [1.165, 1.54) is 12.1 Å². The molecule has 2 heterocycles. The van der Waals surface area contributed by atoms with Gasteiger partial charge in [0.15, 0.2) is 0 Å². The number of halogens is 4. The summed E-state index contributed by atoms with van der Waals surface area (Å²) in [6.45, 7) is 2.52. The lowest BCUT2D eigenvalue weighted by atomic mass is 9.82. The molecule has 0 radical (unpaired) electrons. The van der Waals surface area contributed by atoms with Gasteiger partial charge in [-0.15, -0.1) is 0 Å². The second kappa shape index (κ2) is 8.49. The molecule has 0 saturated carbocycles. The first-order valence-electron chi connectivity index (χ1n) is 11.0. The Morgan fingerprint density at radius 3 is 2.53 bits per heavy atom. The normalized spacial score (nSPS) is 25.8. The van der Waals surface area contributed by atoms with Crippen LogP contribution in [-0.4, -0.2) is 36.6 Å². The Morgan fingerprint density at radius 1 is 1.12 bits per heavy atom. The Balaban J connectivity index is 1.71. The molecule has 168 valence electrons. The molecule has 0 amide bonds. The third-order valence-electron chi connectivity index (χ3n) is 6.89. The van der Waals surface area contributed by atoms with Gasteiger partial charge >= 0.3 is 0 Å². The van der Waals surface area contributed by atoms with Crippen molar-refractivity contribution in [1.29, 1.82) is 0 Å². The molecule has 3 atom stereocenters. The average molecular weight is 443 g/mol. The molecule has 5 rings (SSSR count). The van der Waals surface area contributed by atoms with Gasteiger partial charge in [0, 0.05) is 18.2 Å². The monoisotopic (exact) mass is 443 g/mol. The van der Waals surface area contributed by atoms with Crippen molar-refractivity contribution in [2.75, 3.05) is 13.2 Å². The zero-order chi connectivity index (χ0) is 22.4. The van der Waals surface area contributed by atoms with Crippen molar-refractivity contribution in [2.45, 2.75) is 50.7 Å². The molecular formula is C26H25F4NO. The van der Waals surface area contributed by atoms with E-state index >= 15 is 8.78 Å². The zero-order valence-corrected chi connectivity index (χ0v) is 17.8. The van der Waals surface area contributed by atoms with E-state index in [9.17, 15) is 8.78 Å². The van der Waals surface area contributed by atoms with Crippen LogP contribution in [0.25, 0.3) is 11.6 Å². The average Bonchev–Trinajstić information content (AvgIpc) is 3.41. The van der Waals surface area contributed by atoms with E-state index in [2.05, 4.69) is 0 Å². The largest absolute Gasteiger partial charge is 0.380 e. The Labute approximate surface area is 185 Å². The van der Waals surface area contributed by atoms with Gasteiger partial charge in [0.25, 0.3) is 6.43 Å². The van der Waals surface area contributed by atoms with E-state index in [1.54, 1.807) is 24.0 Å². The van der Waals surface area contributed by atoms with Crippen molar-refractivity contribution in [2.24, 2.45) is 0 Å². The number of allylic oxidation sites excluding steroid dienone is 1. The summed E-state index contributed by atoms with van der Waals surface area (Å²) >= 11 is 0. The summed E-state index contributed by atoms with van der Waals surface area (Å²) in [4.78, 5) is 1.65. The SMILES string of the molecule is C/C=C/c1cc(F)c(C2C3=C(C[C@@H](C(F)F)N2C2CCOC2)c2ccccc2C3)c(F)c1. The van der Waals surface area contributed by atoms with Crippen molar-refractivity contribution < 1.29 is 22.3 Å². The van der Waals surface area contributed by atoms with Gasteiger partial charge < -0.3 is 4.74 Å². The summed E-state index contributed by atoms with van der Waals surface area (Å²) in [5.74, 6) is -1.41. The predicted molar refractivity (Wildman–Crippen MR) is 116 cm³/mol. The smallest absolute Gasteiger partial charge is 0.254 e. The molecule has 2 aromatic carbocycles. The lowest BCUT2D eigenvalue weighted by molar-refractivity contribution is -0.0214. The molecule has 0 bridgehead atoms. The van der Waals surface area contributed by atoms with E-state index in [-0.39, 0.29) is 24.6 Å². The molecule has 1 aliphatic carbocycles. The quantitative estimate of drug-likeness (QED) is 0.524. The number of fused-ring (bicyclic) bond motifs is 2. The molecule has 2 aromatic rings. The van der Waals surface area contributed by atoms with Gasteiger partial charge in [-0.2, -0.15) is 0 Å². The fourth-order valence-corrected chi connectivity index (χ4v) is 5.58. The molecule has 0 aromatic heterocycles. The number of hydrogen-bond acceptors (Lipinski definition) is 2. The lowest BCUT2D eigenvalue weighted by Gasteiger charge is -2.46. The lowest BCUT2D eigenvalue weighted by Crippen LogP contribution is -2.52. The topological polar surface area (TPSA) is 12.5 Å². The van der Waals surface area contributed by atoms with Gasteiger partial charge in [-0.05, 0) is 66.2 Å². The number of alkyl halides is 2. The molecule has 1 fully saturated rings. The highest BCUT2D eigenvalue weighted by atomic mass is 19.3. The van der Waals surface area contributed by atoms with Crippen molar-refractivity contribution in [1.82, 2.24) is 4.90 Å². The maximum Gasteiger partial charge on any atom is 0.254 e. The first kappa shape index (κ1) is 21.4. The van der Waals surface area contributed by atoms with Crippen LogP contribution in [0.15, 0.2) is 48.0 Å². The third kappa shape index (κ3) is 3.50. The number of ether oxygens (including phenoxy) is 1. The Hall–Kier alpha value is -2.44. The predicted octanol–water partition coefficient (Wildman–Crippen LogP) is 6.18. The van der Waals surface area contributed by atoms with Crippen LogP contribution in [0.3, 0.4) is 0 Å². The molecule has 2 aliphatic heterocycles. The molecule has 0 N–H and O–H groups in total. The molecule has 3 aliphatic rings. The fourth-order valence-electron chi connectivity index (χ4n) is 5.58.